The Balaban J connectivity index is 2.41. The number of rotatable bonds is 4. The van der Waals surface area contributed by atoms with Gasteiger partial charge in [0.2, 0.25) is 0 Å². The predicted octanol–water partition coefficient (Wildman–Crippen LogP) is 1.08. The number of fused-ring (bicyclic) bond motifs is 1. The van der Waals surface area contributed by atoms with E-state index in [1.165, 1.54) is 0 Å². The summed E-state index contributed by atoms with van der Waals surface area (Å²) >= 11 is 0. The lowest BCUT2D eigenvalue weighted by Gasteiger charge is -2.10. The number of carboxylic acids is 1. The Hall–Kier alpha value is -1.88. The Labute approximate surface area is 92.3 Å². The summed E-state index contributed by atoms with van der Waals surface area (Å²) in [5.74, 6) is -1.07. The molecule has 0 aliphatic rings. The molecule has 2 rings (SSSR count). The Bertz CT molecular complexity index is 507. The van der Waals surface area contributed by atoms with Crippen LogP contribution in [0.1, 0.15) is 18.0 Å². The Morgan fingerprint density at radius 2 is 2.25 bits per heavy atom. The molecule has 0 aliphatic carbocycles. The van der Waals surface area contributed by atoms with Crippen LogP contribution < -0.4 is 5.73 Å². The number of aliphatic carboxylic acids is 1. The summed E-state index contributed by atoms with van der Waals surface area (Å²) in [4.78, 5) is 10.7. The van der Waals surface area contributed by atoms with Gasteiger partial charge in [0.25, 0.3) is 0 Å². The van der Waals surface area contributed by atoms with E-state index in [0.29, 0.717) is 6.54 Å². The summed E-state index contributed by atoms with van der Waals surface area (Å²) in [6, 6.07) is 7.58. The molecule has 0 saturated carbocycles. The molecule has 4 N–H and O–H groups in total. The highest BCUT2D eigenvalue weighted by atomic mass is 16.4. The molecular formula is C11H13N3O2. The van der Waals surface area contributed by atoms with Crippen molar-refractivity contribution in [3.63, 3.8) is 0 Å². The maximum atomic E-state index is 10.7. The number of aromatic amines is 1. The smallest absolute Gasteiger partial charge is 0.304 e. The van der Waals surface area contributed by atoms with Gasteiger partial charge in [-0.25, -0.2) is 0 Å². The van der Waals surface area contributed by atoms with Crippen LogP contribution >= 0.6 is 0 Å². The normalized spacial score (nSPS) is 12.8. The largest absolute Gasteiger partial charge is 0.481 e. The number of nitrogens with one attached hydrogen (secondary N) is 1. The minimum atomic E-state index is -0.853. The Kier molecular flexibility index (Phi) is 2.87. The molecule has 0 amide bonds. The highest BCUT2D eigenvalue weighted by Gasteiger charge is 2.18. The van der Waals surface area contributed by atoms with Gasteiger partial charge in [0, 0.05) is 23.5 Å². The second-order valence-electron chi connectivity index (χ2n) is 3.68. The lowest BCUT2D eigenvalue weighted by atomic mass is 9.99. The molecule has 0 bridgehead atoms. The van der Waals surface area contributed by atoms with Crippen molar-refractivity contribution in [3.05, 3.63) is 30.0 Å². The minimum absolute atomic E-state index is 0.0166. The van der Waals surface area contributed by atoms with Crippen LogP contribution in [0.4, 0.5) is 0 Å². The molecule has 5 nitrogen and oxygen atoms in total. The van der Waals surface area contributed by atoms with Crippen molar-refractivity contribution in [1.29, 1.82) is 0 Å². The van der Waals surface area contributed by atoms with Crippen molar-refractivity contribution >= 4 is 16.9 Å². The molecule has 0 spiro atoms. The fraction of sp³-hybridized carbons (Fsp3) is 0.273. The molecule has 1 aromatic heterocycles. The van der Waals surface area contributed by atoms with E-state index >= 15 is 0 Å². The number of carboxylic acid groups (broad SMARTS) is 1. The van der Waals surface area contributed by atoms with E-state index in [9.17, 15) is 4.79 Å². The number of benzene rings is 1. The van der Waals surface area contributed by atoms with Crippen molar-refractivity contribution in [2.75, 3.05) is 6.54 Å². The van der Waals surface area contributed by atoms with Crippen LogP contribution in [0.15, 0.2) is 24.3 Å². The number of nitrogens with zero attached hydrogens (tertiary/aromatic N) is 1. The van der Waals surface area contributed by atoms with Crippen molar-refractivity contribution in [2.45, 2.75) is 12.3 Å². The van der Waals surface area contributed by atoms with E-state index < -0.39 is 5.97 Å². The van der Waals surface area contributed by atoms with Crippen LogP contribution in [0.5, 0.6) is 0 Å². The molecule has 1 heterocycles. The topological polar surface area (TPSA) is 92.0 Å². The van der Waals surface area contributed by atoms with Crippen molar-refractivity contribution in [3.8, 4) is 0 Å². The second-order valence-corrected chi connectivity index (χ2v) is 3.68. The molecule has 5 heteroatoms. The zero-order valence-corrected chi connectivity index (χ0v) is 8.68. The van der Waals surface area contributed by atoms with Crippen LogP contribution in [0.2, 0.25) is 0 Å². The van der Waals surface area contributed by atoms with Gasteiger partial charge < -0.3 is 10.8 Å². The average Bonchev–Trinajstić information content (AvgIpc) is 2.69. The first kappa shape index (κ1) is 10.6. The molecule has 2 aromatic rings. The quantitative estimate of drug-likeness (QED) is 0.717. The molecule has 84 valence electrons. The maximum Gasteiger partial charge on any atom is 0.304 e. The van der Waals surface area contributed by atoms with Crippen LogP contribution in [0.3, 0.4) is 0 Å². The highest BCUT2D eigenvalue weighted by Crippen LogP contribution is 2.24. The third-order valence-electron chi connectivity index (χ3n) is 2.60. The summed E-state index contributed by atoms with van der Waals surface area (Å²) < 4.78 is 0. The number of hydrogen-bond acceptors (Lipinski definition) is 3. The van der Waals surface area contributed by atoms with Gasteiger partial charge in [-0.2, -0.15) is 5.10 Å². The summed E-state index contributed by atoms with van der Waals surface area (Å²) in [7, 11) is 0. The first-order chi connectivity index (χ1) is 7.72. The van der Waals surface area contributed by atoms with Crippen molar-refractivity contribution in [1.82, 2.24) is 10.2 Å². The van der Waals surface area contributed by atoms with Crippen LogP contribution in [-0.2, 0) is 4.79 Å². The highest BCUT2D eigenvalue weighted by molar-refractivity contribution is 5.82. The van der Waals surface area contributed by atoms with E-state index in [1.54, 1.807) is 0 Å². The third kappa shape index (κ3) is 1.90. The second kappa shape index (κ2) is 4.32. The molecule has 1 aromatic carbocycles. The molecule has 0 saturated heterocycles. The van der Waals surface area contributed by atoms with Gasteiger partial charge in [-0.05, 0) is 6.07 Å². The SMILES string of the molecule is NCC(CC(=O)O)c1[nH]nc2ccccc12. The summed E-state index contributed by atoms with van der Waals surface area (Å²) in [6.07, 6.45) is 0.0166. The first-order valence-corrected chi connectivity index (χ1v) is 5.07. The summed E-state index contributed by atoms with van der Waals surface area (Å²) in [6.45, 7) is 0.290. The van der Waals surface area contributed by atoms with E-state index in [0.717, 1.165) is 16.6 Å². The molecule has 16 heavy (non-hydrogen) atoms. The predicted molar refractivity (Wildman–Crippen MR) is 60.1 cm³/mol. The van der Waals surface area contributed by atoms with Crippen molar-refractivity contribution < 1.29 is 9.90 Å². The average molecular weight is 219 g/mol. The van der Waals surface area contributed by atoms with Crippen LogP contribution in [-0.4, -0.2) is 27.8 Å². The summed E-state index contributed by atoms with van der Waals surface area (Å²) in [5, 5.41) is 16.7. The minimum Gasteiger partial charge on any atom is -0.481 e. The van der Waals surface area contributed by atoms with Gasteiger partial charge in [0.05, 0.1) is 11.9 Å². The van der Waals surface area contributed by atoms with Crippen LogP contribution in [0.25, 0.3) is 10.9 Å². The lowest BCUT2D eigenvalue weighted by molar-refractivity contribution is -0.137. The number of aromatic nitrogens is 2. The number of carbonyl (C=O) groups is 1. The molecular weight excluding hydrogens is 206 g/mol. The Morgan fingerprint density at radius 3 is 2.94 bits per heavy atom. The van der Waals surface area contributed by atoms with E-state index in [2.05, 4.69) is 10.2 Å². The maximum absolute atomic E-state index is 10.7. The number of para-hydroxylation sites is 1. The van der Waals surface area contributed by atoms with Crippen molar-refractivity contribution in [2.24, 2.45) is 5.73 Å². The van der Waals surface area contributed by atoms with E-state index in [-0.39, 0.29) is 12.3 Å². The molecule has 0 radical (unpaired) electrons. The molecule has 0 aliphatic heterocycles. The fourth-order valence-electron chi connectivity index (χ4n) is 1.80. The van der Waals surface area contributed by atoms with Gasteiger partial charge in [0.1, 0.15) is 0 Å². The lowest BCUT2D eigenvalue weighted by Crippen LogP contribution is -2.16. The standard InChI is InChI=1S/C11H13N3O2/c12-6-7(5-10(15)16)11-8-3-1-2-4-9(8)13-14-11/h1-4,7H,5-6,12H2,(H,13,14)(H,15,16). The number of hydrogen-bond donors (Lipinski definition) is 3. The molecule has 1 unspecified atom stereocenters. The first-order valence-electron chi connectivity index (χ1n) is 5.07. The zero-order valence-electron chi connectivity index (χ0n) is 8.68. The van der Waals surface area contributed by atoms with Gasteiger partial charge in [-0.1, -0.05) is 18.2 Å². The fourth-order valence-corrected chi connectivity index (χ4v) is 1.80. The number of nitrogens with two attached hydrogens (primary N) is 1. The molecule has 1 atom stereocenters. The van der Waals surface area contributed by atoms with Gasteiger partial charge >= 0.3 is 5.97 Å². The van der Waals surface area contributed by atoms with Gasteiger partial charge in [0.15, 0.2) is 0 Å². The molecule has 0 fully saturated rings. The Morgan fingerprint density at radius 1 is 1.50 bits per heavy atom. The monoisotopic (exact) mass is 219 g/mol. The van der Waals surface area contributed by atoms with Crippen LogP contribution in [0, 0.1) is 0 Å². The number of H-pyrrole nitrogens is 1. The van der Waals surface area contributed by atoms with E-state index in [4.69, 9.17) is 10.8 Å². The zero-order chi connectivity index (χ0) is 11.5. The van der Waals surface area contributed by atoms with Gasteiger partial charge in [-0.15, -0.1) is 0 Å². The summed E-state index contributed by atoms with van der Waals surface area (Å²) in [5.41, 5.74) is 7.23. The van der Waals surface area contributed by atoms with E-state index in [1.807, 2.05) is 24.3 Å². The van der Waals surface area contributed by atoms with Gasteiger partial charge in [-0.3, -0.25) is 9.89 Å². The third-order valence-corrected chi connectivity index (χ3v) is 2.60.